The van der Waals surface area contributed by atoms with E-state index in [0.717, 1.165) is 6.07 Å². The third-order valence-electron chi connectivity index (χ3n) is 2.54. The minimum absolute atomic E-state index is 0.0965. The quantitative estimate of drug-likeness (QED) is 0.904. The summed E-state index contributed by atoms with van der Waals surface area (Å²) < 4.78 is 5.17. The van der Waals surface area contributed by atoms with Gasteiger partial charge < -0.3 is 14.8 Å². The smallest absolute Gasteiger partial charge is 0.335 e. The maximum atomic E-state index is 11.5. The molecule has 5 nitrogen and oxygen atoms in total. The monoisotopic (exact) mass is 279 g/mol. The Morgan fingerprint density at radius 3 is 2.68 bits per heavy atom. The molecular formula is C13H10ClNO4. The molecule has 0 aliphatic carbocycles. The molecule has 0 saturated carbocycles. The van der Waals surface area contributed by atoms with E-state index >= 15 is 0 Å². The van der Waals surface area contributed by atoms with Gasteiger partial charge in [-0.2, -0.15) is 0 Å². The van der Waals surface area contributed by atoms with E-state index in [1.54, 1.807) is 18.2 Å². The van der Waals surface area contributed by atoms with Crippen molar-refractivity contribution in [3.05, 3.63) is 51.3 Å². The number of carboxylic acids is 1. The van der Waals surface area contributed by atoms with Crippen LogP contribution in [0, 0.1) is 0 Å². The van der Waals surface area contributed by atoms with Crippen LogP contribution in [0.3, 0.4) is 0 Å². The molecule has 2 N–H and O–H groups in total. The first-order chi connectivity index (χ1) is 9.01. The zero-order chi connectivity index (χ0) is 14.0. The van der Waals surface area contributed by atoms with E-state index in [0.29, 0.717) is 22.0 Å². The average molecular weight is 280 g/mol. The lowest BCUT2D eigenvalue weighted by molar-refractivity contribution is 0.0696. The fourth-order valence-electron chi connectivity index (χ4n) is 1.70. The second-order valence-electron chi connectivity index (χ2n) is 3.80. The van der Waals surface area contributed by atoms with Crippen LogP contribution in [0.15, 0.2) is 35.1 Å². The van der Waals surface area contributed by atoms with Crippen LogP contribution in [-0.4, -0.2) is 23.2 Å². The predicted octanol–water partition coefficient (Wildman–Crippen LogP) is 2.40. The molecule has 1 heterocycles. The zero-order valence-corrected chi connectivity index (χ0v) is 10.7. The molecule has 0 atom stereocenters. The Hall–Kier alpha value is -2.27. The van der Waals surface area contributed by atoms with Crippen LogP contribution in [0.4, 0.5) is 0 Å². The summed E-state index contributed by atoms with van der Waals surface area (Å²) in [5, 5.41) is 9.41. The van der Waals surface area contributed by atoms with Crippen molar-refractivity contribution in [1.82, 2.24) is 4.98 Å². The lowest BCUT2D eigenvalue weighted by Crippen LogP contribution is -2.10. The van der Waals surface area contributed by atoms with Crippen molar-refractivity contribution >= 4 is 17.6 Å². The molecule has 0 radical (unpaired) electrons. The number of aromatic nitrogens is 1. The molecule has 0 amide bonds. The van der Waals surface area contributed by atoms with Crippen molar-refractivity contribution in [2.75, 3.05) is 7.11 Å². The van der Waals surface area contributed by atoms with Crippen LogP contribution < -0.4 is 10.3 Å². The van der Waals surface area contributed by atoms with E-state index in [2.05, 4.69) is 4.98 Å². The lowest BCUT2D eigenvalue weighted by atomic mass is 10.1. The molecule has 0 saturated heterocycles. The third kappa shape index (κ3) is 2.77. The molecule has 1 aromatic carbocycles. The molecule has 0 aliphatic rings. The number of carbonyl (C=O) groups is 1. The van der Waals surface area contributed by atoms with Gasteiger partial charge in [-0.1, -0.05) is 11.6 Å². The first kappa shape index (κ1) is 13.2. The molecule has 0 aliphatic heterocycles. The maximum Gasteiger partial charge on any atom is 0.335 e. The fraction of sp³-hybridized carbons (Fsp3) is 0.0769. The molecule has 0 bridgehead atoms. The number of methoxy groups -OCH3 is 1. The number of aromatic carboxylic acids is 1. The highest BCUT2D eigenvalue weighted by molar-refractivity contribution is 6.31. The third-order valence-corrected chi connectivity index (χ3v) is 2.78. The van der Waals surface area contributed by atoms with Crippen LogP contribution >= 0.6 is 11.6 Å². The Bertz CT molecular complexity index is 693. The number of benzene rings is 1. The number of H-pyrrole nitrogens is 1. The summed E-state index contributed by atoms with van der Waals surface area (Å²) in [6, 6.07) is 7.25. The van der Waals surface area contributed by atoms with Crippen LogP contribution in [0.5, 0.6) is 5.75 Å². The summed E-state index contributed by atoms with van der Waals surface area (Å²) in [7, 11) is 1.48. The van der Waals surface area contributed by atoms with Crippen LogP contribution in [0.2, 0.25) is 5.02 Å². The number of carboxylic acid groups (broad SMARTS) is 1. The Labute approximate surface area is 113 Å². The Kier molecular flexibility index (Phi) is 3.57. The van der Waals surface area contributed by atoms with E-state index in [1.807, 2.05) is 0 Å². The molecule has 2 rings (SSSR count). The standard InChI is InChI=1S/C13H10ClNO4/c1-19-11-3-2-8(14)6-9(11)10-4-7(13(17)18)5-12(16)15-10/h2-6H,1H3,(H,15,16)(H,17,18). The molecule has 6 heteroatoms. The maximum absolute atomic E-state index is 11.5. The topological polar surface area (TPSA) is 79.4 Å². The highest BCUT2D eigenvalue weighted by Gasteiger charge is 2.11. The summed E-state index contributed by atoms with van der Waals surface area (Å²) >= 11 is 5.90. The van der Waals surface area contributed by atoms with Gasteiger partial charge in [0.05, 0.1) is 18.4 Å². The predicted molar refractivity (Wildman–Crippen MR) is 71.0 cm³/mol. The van der Waals surface area contributed by atoms with Gasteiger partial charge in [0.2, 0.25) is 5.56 Å². The number of hydrogen-bond donors (Lipinski definition) is 2. The number of hydrogen-bond acceptors (Lipinski definition) is 3. The zero-order valence-electron chi connectivity index (χ0n) is 9.94. The van der Waals surface area contributed by atoms with Crippen molar-refractivity contribution in [2.45, 2.75) is 0 Å². The van der Waals surface area contributed by atoms with Crippen molar-refractivity contribution in [3.8, 4) is 17.0 Å². The SMILES string of the molecule is COc1ccc(Cl)cc1-c1cc(C(=O)O)cc(=O)[nH]1. The van der Waals surface area contributed by atoms with Crippen LogP contribution in [0.1, 0.15) is 10.4 Å². The number of pyridine rings is 1. The minimum Gasteiger partial charge on any atom is -0.496 e. The summed E-state index contributed by atoms with van der Waals surface area (Å²) in [5.74, 6) is -0.684. The molecule has 19 heavy (non-hydrogen) atoms. The summed E-state index contributed by atoms with van der Waals surface area (Å²) in [6.45, 7) is 0. The number of rotatable bonds is 3. The van der Waals surface area contributed by atoms with Gasteiger partial charge in [0.25, 0.3) is 0 Å². The normalized spacial score (nSPS) is 10.2. The highest BCUT2D eigenvalue weighted by atomic mass is 35.5. The van der Waals surface area contributed by atoms with Crippen molar-refractivity contribution < 1.29 is 14.6 Å². The number of halogens is 1. The van der Waals surface area contributed by atoms with Gasteiger partial charge >= 0.3 is 5.97 Å². The van der Waals surface area contributed by atoms with Crippen LogP contribution in [0.25, 0.3) is 11.3 Å². The minimum atomic E-state index is -1.17. The number of ether oxygens (including phenoxy) is 1. The average Bonchev–Trinajstić information content (AvgIpc) is 2.37. The molecule has 0 unspecified atom stereocenters. The van der Waals surface area contributed by atoms with Crippen molar-refractivity contribution in [2.24, 2.45) is 0 Å². The second-order valence-corrected chi connectivity index (χ2v) is 4.23. The molecule has 1 aromatic heterocycles. The van der Waals surface area contributed by atoms with Gasteiger partial charge in [0, 0.05) is 16.7 Å². The van der Waals surface area contributed by atoms with E-state index < -0.39 is 11.5 Å². The number of aromatic amines is 1. The molecule has 0 spiro atoms. The Morgan fingerprint density at radius 1 is 1.32 bits per heavy atom. The van der Waals surface area contributed by atoms with Gasteiger partial charge in [-0.15, -0.1) is 0 Å². The molecule has 0 fully saturated rings. The van der Waals surface area contributed by atoms with Crippen molar-refractivity contribution in [1.29, 1.82) is 0 Å². The van der Waals surface area contributed by atoms with E-state index in [4.69, 9.17) is 21.4 Å². The van der Waals surface area contributed by atoms with E-state index in [1.165, 1.54) is 13.2 Å². The van der Waals surface area contributed by atoms with Crippen LogP contribution in [-0.2, 0) is 0 Å². The summed E-state index contributed by atoms with van der Waals surface area (Å²) in [4.78, 5) is 25.0. The first-order valence-electron chi connectivity index (χ1n) is 5.33. The van der Waals surface area contributed by atoms with E-state index in [9.17, 15) is 9.59 Å². The highest BCUT2D eigenvalue weighted by Crippen LogP contribution is 2.31. The van der Waals surface area contributed by atoms with Gasteiger partial charge in [0.1, 0.15) is 5.75 Å². The summed E-state index contributed by atoms with van der Waals surface area (Å²) in [5.41, 5.74) is 0.261. The van der Waals surface area contributed by atoms with Gasteiger partial charge in [-0.3, -0.25) is 4.79 Å². The first-order valence-corrected chi connectivity index (χ1v) is 5.70. The molecule has 98 valence electrons. The lowest BCUT2D eigenvalue weighted by Gasteiger charge is -2.09. The molecule has 2 aromatic rings. The Morgan fingerprint density at radius 2 is 2.05 bits per heavy atom. The van der Waals surface area contributed by atoms with Gasteiger partial charge in [-0.05, 0) is 24.3 Å². The fourth-order valence-corrected chi connectivity index (χ4v) is 1.87. The summed E-state index contributed by atoms with van der Waals surface area (Å²) in [6.07, 6.45) is 0. The van der Waals surface area contributed by atoms with Gasteiger partial charge in [0.15, 0.2) is 0 Å². The van der Waals surface area contributed by atoms with Gasteiger partial charge in [-0.25, -0.2) is 4.79 Å². The second kappa shape index (κ2) is 5.16. The van der Waals surface area contributed by atoms with Crippen molar-refractivity contribution in [3.63, 3.8) is 0 Å². The Balaban J connectivity index is 2.68. The van der Waals surface area contributed by atoms with E-state index in [-0.39, 0.29) is 5.56 Å². The number of nitrogens with one attached hydrogen (secondary N) is 1. The largest absolute Gasteiger partial charge is 0.496 e. The molecular weight excluding hydrogens is 270 g/mol.